The molecule has 8 nitrogen and oxygen atoms in total. The van der Waals surface area contributed by atoms with Crippen LogP contribution in [-0.2, 0) is 11.3 Å². The Morgan fingerprint density at radius 3 is 2.65 bits per heavy atom. The lowest BCUT2D eigenvalue weighted by molar-refractivity contribution is -0.113. The number of nitrogens with one attached hydrogen (secondary N) is 1. The fraction of sp³-hybridized carbons (Fsp3) is 0.360. The summed E-state index contributed by atoms with van der Waals surface area (Å²) >= 11 is 1.33. The molecule has 4 rings (SSSR count). The van der Waals surface area contributed by atoms with Gasteiger partial charge in [0.05, 0.1) is 24.6 Å². The molecule has 1 aromatic heterocycles. The second-order valence-electron chi connectivity index (χ2n) is 8.14. The molecule has 1 atom stereocenters. The number of aryl methyl sites for hydroxylation is 1. The van der Waals surface area contributed by atoms with Gasteiger partial charge in [-0.2, -0.15) is 0 Å². The average molecular weight is 480 g/mol. The molecule has 1 aliphatic heterocycles. The molecule has 1 saturated heterocycles. The first-order valence-electron chi connectivity index (χ1n) is 11.4. The molecule has 0 radical (unpaired) electrons. The fourth-order valence-corrected chi connectivity index (χ4v) is 4.96. The molecule has 2 amide bonds. The zero-order chi connectivity index (χ0) is 24.1. The van der Waals surface area contributed by atoms with E-state index >= 15 is 0 Å². The van der Waals surface area contributed by atoms with Crippen LogP contribution in [0.5, 0.6) is 5.75 Å². The predicted octanol–water partition coefficient (Wildman–Crippen LogP) is 4.32. The number of hydrogen-bond acceptors (Lipinski definition) is 6. The van der Waals surface area contributed by atoms with Crippen LogP contribution in [0.4, 0.5) is 5.69 Å². The largest absolute Gasteiger partial charge is 0.495 e. The van der Waals surface area contributed by atoms with Crippen LogP contribution in [0.1, 0.15) is 47.6 Å². The van der Waals surface area contributed by atoms with Gasteiger partial charge >= 0.3 is 0 Å². The quantitative estimate of drug-likeness (QED) is 0.484. The molecular weight excluding hydrogens is 450 g/mol. The lowest BCUT2D eigenvalue weighted by Crippen LogP contribution is -2.32. The molecule has 2 heterocycles. The highest BCUT2D eigenvalue weighted by Gasteiger charge is 2.34. The van der Waals surface area contributed by atoms with Crippen molar-refractivity contribution in [3.63, 3.8) is 0 Å². The number of nitrogens with zero attached hydrogens (tertiary/aromatic N) is 4. The Morgan fingerprint density at radius 1 is 1.15 bits per heavy atom. The van der Waals surface area contributed by atoms with E-state index in [4.69, 9.17) is 4.74 Å². The number of rotatable bonds is 8. The third kappa shape index (κ3) is 5.09. The Balaban J connectivity index is 1.45. The zero-order valence-electron chi connectivity index (χ0n) is 19.7. The molecule has 1 fully saturated rings. The average Bonchev–Trinajstić information content (AvgIpc) is 3.49. The maximum Gasteiger partial charge on any atom is 0.254 e. The molecular formula is C25H29N5O3S. The third-order valence-corrected chi connectivity index (χ3v) is 6.85. The van der Waals surface area contributed by atoms with Gasteiger partial charge < -0.3 is 19.5 Å². The van der Waals surface area contributed by atoms with E-state index in [1.807, 2.05) is 59.7 Å². The third-order valence-electron chi connectivity index (χ3n) is 5.89. The van der Waals surface area contributed by atoms with Crippen LogP contribution in [-0.4, -0.2) is 50.9 Å². The molecule has 3 aromatic rings. The van der Waals surface area contributed by atoms with Crippen LogP contribution in [0.25, 0.3) is 0 Å². The highest BCUT2D eigenvalue weighted by atomic mass is 32.2. The number of aromatic nitrogens is 3. The van der Waals surface area contributed by atoms with Crippen molar-refractivity contribution in [2.45, 2.75) is 44.4 Å². The highest BCUT2D eigenvalue weighted by Crippen LogP contribution is 2.34. The van der Waals surface area contributed by atoms with Crippen molar-refractivity contribution in [3.05, 3.63) is 65.5 Å². The molecule has 34 heavy (non-hydrogen) atoms. The van der Waals surface area contributed by atoms with Crippen molar-refractivity contribution in [1.29, 1.82) is 0 Å². The predicted molar refractivity (Wildman–Crippen MR) is 132 cm³/mol. The first kappa shape index (κ1) is 23.8. The molecule has 178 valence electrons. The smallest absolute Gasteiger partial charge is 0.254 e. The topological polar surface area (TPSA) is 89.3 Å². The Kier molecular flexibility index (Phi) is 7.52. The molecule has 0 aliphatic carbocycles. The molecule has 9 heteroatoms. The second kappa shape index (κ2) is 10.7. The Hall–Kier alpha value is -3.33. The molecule has 0 saturated carbocycles. The lowest BCUT2D eigenvalue weighted by atomic mass is 10.1. The van der Waals surface area contributed by atoms with Crippen molar-refractivity contribution in [2.24, 2.45) is 0 Å². The number of methoxy groups -OCH3 is 1. The van der Waals surface area contributed by atoms with Crippen LogP contribution < -0.4 is 10.1 Å². The Bertz CT molecular complexity index is 1160. The van der Waals surface area contributed by atoms with Gasteiger partial charge in [-0.15, -0.1) is 10.2 Å². The molecule has 2 aromatic carbocycles. The summed E-state index contributed by atoms with van der Waals surface area (Å²) in [6, 6.07) is 14.8. The van der Waals surface area contributed by atoms with Gasteiger partial charge in [-0.1, -0.05) is 41.6 Å². The van der Waals surface area contributed by atoms with Crippen LogP contribution in [0, 0.1) is 6.92 Å². The monoisotopic (exact) mass is 479 g/mol. The fourth-order valence-electron chi connectivity index (χ4n) is 4.16. The van der Waals surface area contributed by atoms with Crippen molar-refractivity contribution in [3.8, 4) is 5.75 Å². The van der Waals surface area contributed by atoms with E-state index in [1.165, 1.54) is 11.8 Å². The number of benzene rings is 2. The first-order chi connectivity index (χ1) is 16.5. The van der Waals surface area contributed by atoms with Gasteiger partial charge in [0, 0.05) is 18.7 Å². The second-order valence-corrected chi connectivity index (χ2v) is 9.09. The standard InChI is InChI=1S/C25H29N5O3S/c1-4-29-23(20-9-7-15-30(20)24(32)18-13-11-17(2)12-14-18)27-28-25(29)34-16-22(31)26-19-8-5-6-10-21(19)33-3/h5-6,8,10-14,20H,4,7,9,15-16H2,1-3H3,(H,26,31). The minimum atomic E-state index is -0.154. The molecule has 1 N–H and O–H groups in total. The number of hydrogen-bond donors (Lipinski definition) is 1. The van der Waals surface area contributed by atoms with E-state index in [-0.39, 0.29) is 23.6 Å². The van der Waals surface area contributed by atoms with Gasteiger partial charge in [0.1, 0.15) is 5.75 Å². The number of carbonyl (C=O) groups is 2. The number of para-hydroxylation sites is 2. The summed E-state index contributed by atoms with van der Waals surface area (Å²) in [5.74, 6) is 1.43. The maximum absolute atomic E-state index is 13.2. The van der Waals surface area contributed by atoms with Crippen LogP contribution in [0.15, 0.2) is 53.7 Å². The van der Waals surface area contributed by atoms with Gasteiger partial charge in [-0.25, -0.2) is 0 Å². The number of anilines is 1. The first-order valence-corrected chi connectivity index (χ1v) is 12.4. The summed E-state index contributed by atoms with van der Waals surface area (Å²) in [6.07, 6.45) is 1.76. The lowest BCUT2D eigenvalue weighted by Gasteiger charge is -2.24. The number of thioether (sulfide) groups is 1. The van der Waals surface area contributed by atoms with Crippen LogP contribution >= 0.6 is 11.8 Å². The molecule has 0 spiro atoms. The van der Waals surface area contributed by atoms with Gasteiger partial charge in [0.15, 0.2) is 11.0 Å². The number of amides is 2. The minimum Gasteiger partial charge on any atom is -0.495 e. The summed E-state index contributed by atoms with van der Waals surface area (Å²) in [4.78, 5) is 27.6. The van der Waals surface area contributed by atoms with E-state index in [1.54, 1.807) is 19.2 Å². The summed E-state index contributed by atoms with van der Waals surface area (Å²) in [6.45, 7) is 5.37. The van der Waals surface area contributed by atoms with Crippen LogP contribution in [0.2, 0.25) is 0 Å². The van der Waals surface area contributed by atoms with Gasteiger partial charge in [-0.3, -0.25) is 9.59 Å². The van der Waals surface area contributed by atoms with E-state index < -0.39 is 0 Å². The summed E-state index contributed by atoms with van der Waals surface area (Å²) in [5, 5.41) is 12.3. The zero-order valence-corrected chi connectivity index (χ0v) is 20.5. The van der Waals surface area contributed by atoms with Crippen molar-refractivity contribution >= 4 is 29.3 Å². The normalized spacial score (nSPS) is 15.4. The van der Waals surface area contributed by atoms with E-state index in [0.717, 1.165) is 24.2 Å². The Morgan fingerprint density at radius 2 is 1.91 bits per heavy atom. The highest BCUT2D eigenvalue weighted by molar-refractivity contribution is 7.99. The molecule has 0 bridgehead atoms. The number of carbonyl (C=O) groups excluding carboxylic acids is 2. The number of likely N-dealkylation sites (tertiary alicyclic amines) is 1. The van der Waals surface area contributed by atoms with E-state index in [9.17, 15) is 9.59 Å². The van der Waals surface area contributed by atoms with Gasteiger partial charge in [-0.05, 0) is 51.0 Å². The van der Waals surface area contributed by atoms with E-state index in [2.05, 4.69) is 15.5 Å². The van der Waals surface area contributed by atoms with Crippen molar-refractivity contribution in [2.75, 3.05) is 24.7 Å². The van der Waals surface area contributed by atoms with Gasteiger partial charge in [0.25, 0.3) is 5.91 Å². The summed E-state index contributed by atoms with van der Waals surface area (Å²) in [5.41, 5.74) is 2.43. The van der Waals surface area contributed by atoms with E-state index in [0.29, 0.717) is 35.2 Å². The maximum atomic E-state index is 13.2. The minimum absolute atomic E-state index is 0.0125. The number of ether oxygens (including phenoxy) is 1. The van der Waals surface area contributed by atoms with Crippen molar-refractivity contribution < 1.29 is 14.3 Å². The molecule has 1 unspecified atom stereocenters. The van der Waals surface area contributed by atoms with Gasteiger partial charge in [0.2, 0.25) is 5.91 Å². The van der Waals surface area contributed by atoms with Crippen LogP contribution in [0.3, 0.4) is 0 Å². The Labute approximate surface area is 203 Å². The summed E-state index contributed by atoms with van der Waals surface area (Å²) < 4.78 is 7.30. The molecule has 1 aliphatic rings. The van der Waals surface area contributed by atoms with Crippen molar-refractivity contribution in [1.82, 2.24) is 19.7 Å². The summed E-state index contributed by atoms with van der Waals surface area (Å²) in [7, 11) is 1.57. The SMILES string of the molecule is CCn1c(SCC(=O)Nc2ccccc2OC)nnc1C1CCCN1C(=O)c1ccc(C)cc1.